The molecule has 1 N–H and O–H groups in total. The zero-order valence-corrected chi connectivity index (χ0v) is 24.3. The van der Waals surface area contributed by atoms with Crippen LogP contribution in [0.15, 0.2) is 55.1 Å². The molecule has 1 amide bonds. The van der Waals surface area contributed by atoms with Crippen LogP contribution in [0, 0.1) is 33.5 Å². The summed E-state index contributed by atoms with van der Waals surface area (Å²) in [4.78, 5) is 23.7. The summed E-state index contributed by atoms with van der Waals surface area (Å²) in [5, 5.41) is 26.9. The molecule has 0 aromatic carbocycles. The first-order valence-electron chi connectivity index (χ1n) is 14.0. The number of nitrogens with one attached hydrogen (secondary N) is 1. The van der Waals surface area contributed by atoms with E-state index < -0.39 is 5.41 Å². The van der Waals surface area contributed by atoms with Gasteiger partial charge in [-0.05, 0) is 48.6 Å². The van der Waals surface area contributed by atoms with E-state index in [2.05, 4.69) is 39.4 Å². The van der Waals surface area contributed by atoms with Crippen LogP contribution >= 0.6 is 11.6 Å². The highest BCUT2D eigenvalue weighted by Gasteiger charge is 2.40. The van der Waals surface area contributed by atoms with E-state index in [-0.39, 0.29) is 23.6 Å². The van der Waals surface area contributed by atoms with Crippen LogP contribution in [0.2, 0.25) is 5.02 Å². The van der Waals surface area contributed by atoms with Crippen molar-refractivity contribution in [2.45, 2.75) is 19.8 Å². The minimum absolute atomic E-state index is 0.0646. The van der Waals surface area contributed by atoms with E-state index in [0.717, 1.165) is 42.9 Å². The first-order valence-corrected chi connectivity index (χ1v) is 14.3. The number of rotatable bonds is 8. The minimum atomic E-state index is -0.650. The number of aromatic nitrogens is 4. The van der Waals surface area contributed by atoms with Crippen LogP contribution < -0.4 is 15.0 Å². The number of halogens is 1. The minimum Gasteiger partial charge on any atom is -0.490 e. The molecule has 218 valence electrons. The van der Waals surface area contributed by atoms with Crippen LogP contribution in [0.3, 0.4) is 0 Å². The number of piperidine rings is 1. The molecule has 2 aliphatic heterocycles. The SMILES string of the molecule is CC1(CNC(=O)c2ncccc2Cl)CCN(c2ccc(-c3cc(OCC4(C#N)COC4)cn4ncc(C#N)c34)cn2)CC1. The van der Waals surface area contributed by atoms with E-state index in [1.54, 1.807) is 35.2 Å². The van der Waals surface area contributed by atoms with Gasteiger partial charge in [0.1, 0.15) is 35.4 Å². The van der Waals surface area contributed by atoms with Crippen molar-refractivity contribution in [3.63, 3.8) is 0 Å². The molecule has 2 aliphatic rings. The Balaban J connectivity index is 1.14. The molecule has 6 heterocycles. The predicted molar refractivity (Wildman–Crippen MR) is 159 cm³/mol. The predicted octanol–water partition coefficient (Wildman–Crippen LogP) is 4.27. The number of hydrogen-bond acceptors (Lipinski definition) is 9. The Morgan fingerprint density at radius 1 is 1.19 bits per heavy atom. The van der Waals surface area contributed by atoms with Gasteiger partial charge >= 0.3 is 0 Å². The standard InChI is InChI=1S/C31H29ClN8O3/c1-30(17-37-29(41)27-25(32)3-2-8-35-27)6-9-39(10-7-30)26-5-4-21(13-36-26)24-11-23(43-20-31(16-34)18-42-19-31)15-40-28(24)22(12-33)14-38-40/h2-5,8,11,13-15H,6-7,9-10,17-20H2,1H3,(H,37,41). The van der Waals surface area contributed by atoms with E-state index in [9.17, 15) is 15.3 Å². The molecule has 2 saturated heterocycles. The fraction of sp³-hybridized carbons (Fsp3) is 0.355. The van der Waals surface area contributed by atoms with Crippen molar-refractivity contribution in [1.29, 1.82) is 10.5 Å². The Morgan fingerprint density at radius 3 is 2.65 bits per heavy atom. The second kappa shape index (κ2) is 11.5. The average Bonchev–Trinajstić information content (AvgIpc) is 3.43. The molecular weight excluding hydrogens is 568 g/mol. The van der Waals surface area contributed by atoms with Crippen molar-refractivity contribution < 1.29 is 14.3 Å². The molecular formula is C31H29ClN8O3. The number of fused-ring (bicyclic) bond motifs is 1. The Kier molecular flexibility index (Phi) is 7.61. The van der Waals surface area contributed by atoms with Gasteiger partial charge in [-0.1, -0.05) is 18.5 Å². The van der Waals surface area contributed by atoms with Crippen LogP contribution in [0.1, 0.15) is 35.8 Å². The maximum atomic E-state index is 12.6. The van der Waals surface area contributed by atoms with Crippen LogP contribution in [-0.4, -0.2) is 64.9 Å². The van der Waals surface area contributed by atoms with Gasteiger partial charge in [0.05, 0.1) is 47.8 Å². The maximum Gasteiger partial charge on any atom is 0.271 e. The fourth-order valence-electron chi connectivity index (χ4n) is 5.34. The Labute approximate surface area is 253 Å². The van der Waals surface area contributed by atoms with Crippen molar-refractivity contribution in [3.8, 4) is 29.0 Å². The smallest absolute Gasteiger partial charge is 0.271 e. The molecule has 0 unspecified atom stereocenters. The second-order valence-electron chi connectivity index (χ2n) is 11.4. The molecule has 0 spiro atoms. The molecule has 2 fully saturated rings. The number of pyridine rings is 3. The number of nitrogens with zero attached hydrogens (tertiary/aromatic N) is 7. The van der Waals surface area contributed by atoms with Crippen molar-refractivity contribution in [1.82, 2.24) is 24.9 Å². The average molecular weight is 597 g/mol. The van der Waals surface area contributed by atoms with Crippen molar-refractivity contribution in [3.05, 3.63) is 71.4 Å². The Morgan fingerprint density at radius 2 is 2.00 bits per heavy atom. The zero-order chi connectivity index (χ0) is 30.0. The highest BCUT2D eigenvalue weighted by Crippen LogP contribution is 2.35. The Bertz CT molecular complexity index is 1750. The summed E-state index contributed by atoms with van der Waals surface area (Å²) >= 11 is 6.13. The zero-order valence-electron chi connectivity index (χ0n) is 23.6. The monoisotopic (exact) mass is 596 g/mol. The third-order valence-corrected chi connectivity index (χ3v) is 8.52. The number of amides is 1. The lowest BCUT2D eigenvalue weighted by Gasteiger charge is -2.40. The van der Waals surface area contributed by atoms with Crippen LogP contribution in [0.4, 0.5) is 5.82 Å². The number of ether oxygens (including phenoxy) is 2. The third kappa shape index (κ3) is 5.70. The lowest BCUT2D eigenvalue weighted by Crippen LogP contribution is -2.45. The van der Waals surface area contributed by atoms with Gasteiger partial charge in [0, 0.05) is 43.2 Å². The lowest BCUT2D eigenvalue weighted by atomic mass is 9.80. The molecule has 0 radical (unpaired) electrons. The third-order valence-electron chi connectivity index (χ3n) is 8.22. The number of hydrogen-bond donors (Lipinski definition) is 1. The molecule has 0 atom stereocenters. The molecule has 12 heteroatoms. The molecule has 11 nitrogen and oxygen atoms in total. The lowest BCUT2D eigenvalue weighted by molar-refractivity contribution is -0.0963. The van der Waals surface area contributed by atoms with Gasteiger partial charge in [-0.2, -0.15) is 15.6 Å². The first kappa shape index (κ1) is 28.4. The van der Waals surface area contributed by atoms with Gasteiger partial charge in [0.25, 0.3) is 5.91 Å². The van der Waals surface area contributed by atoms with Gasteiger partial charge in [-0.15, -0.1) is 0 Å². The first-order chi connectivity index (χ1) is 20.8. The quantitative estimate of drug-likeness (QED) is 0.315. The van der Waals surface area contributed by atoms with Crippen LogP contribution in [0.25, 0.3) is 16.6 Å². The summed E-state index contributed by atoms with van der Waals surface area (Å²) in [5.41, 5.74) is 2.20. The van der Waals surface area contributed by atoms with Gasteiger partial charge in [-0.25, -0.2) is 14.5 Å². The van der Waals surface area contributed by atoms with Crippen molar-refractivity contribution in [2.75, 3.05) is 44.4 Å². The topological polar surface area (TPSA) is 141 Å². The summed E-state index contributed by atoms with van der Waals surface area (Å²) in [5.74, 6) is 1.12. The number of carbonyl (C=O) groups excluding carboxylic acids is 1. The normalized spacial score (nSPS) is 17.0. The number of anilines is 1. The molecule has 0 bridgehead atoms. The summed E-state index contributed by atoms with van der Waals surface area (Å²) in [7, 11) is 0. The van der Waals surface area contributed by atoms with Gasteiger partial charge in [0.15, 0.2) is 0 Å². The highest BCUT2D eigenvalue weighted by molar-refractivity contribution is 6.33. The molecule has 0 aliphatic carbocycles. The summed E-state index contributed by atoms with van der Waals surface area (Å²) in [6, 6.07) is 13.7. The van der Waals surface area contributed by atoms with E-state index in [0.29, 0.717) is 41.6 Å². The van der Waals surface area contributed by atoms with Crippen LogP contribution in [0.5, 0.6) is 5.75 Å². The summed E-state index contributed by atoms with van der Waals surface area (Å²) < 4.78 is 12.9. The largest absolute Gasteiger partial charge is 0.490 e. The molecule has 4 aromatic rings. The Hall–Kier alpha value is -4.71. The van der Waals surface area contributed by atoms with Crippen molar-refractivity contribution >= 4 is 28.8 Å². The molecule has 6 rings (SSSR count). The van der Waals surface area contributed by atoms with E-state index in [4.69, 9.17) is 26.1 Å². The van der Waals surface area contributed by atoms with Gasteiger partial charge < -0.3 is 19.7 Å². The van der Waals surface area contributed by atoms with E-state index in [1.165, 1.54) is 6.20 Å². The molecule has 4 aromatic heterocycles. The maximum absolute atomic E-state index is 12.6. The van der Waals surface area contributed by atoms with Gasteiger partial charge in [-0.3, -0.25) is 4.79 Å². The molecule has 0 saturated carbocycles. The highest BCUT2D eigenvalue weighted by atomic mass is 35.5. The number of carbonyl (C=O) groups is 1. The van der Waals surface area contributed by atoms with Crippen LogP contribution in [-0.2, 0) is 4.74 Å². The number of nitriles is 2. The molecule has 43 heavy (non-hydrogen) atoms. The summed E-state index contributed by atoms with van der Waals surface area (Å²) in [6.07, 6.45) is 8.35. The summed E-state index contributed by atoms with van der Waals surface area (Å²) in [6.45, 7) is 5.18. The fourth-order valence-corrected chi connectivity index (χ4v) is 5.55. The second-order valence-corrected chi connectivity index (χ2v) is 11.9. The van der Waals surface area contributed by atoms with E-state index >= 15 is 0 Å². The van der Waals surface area contributed by atoms with Crippen molar-refractivity contribution in [2.24, 2.45) is 10.8 Å². The van der Waals surface area contributed by atoms with E-state index in [1.807, 2.05) is 18.2 Å². The van der Waals surface area contributed by atoms with Gasteiger partial charge in [0.2, 0.25) is 0 Å².